The van der Waals surface area contributed by atoms with Crippen molar-refractivity contribution in [3.05, 3.63) is 58.8 Å². The Labute approximate surface area is 101 Å². The van der Waals surface area contributed by atoms with Gasteiger partial charge in [0, 0.05) is 11.8 Å². The summed E-state index contributed by atoms with van der Waals surface area (Å²) in [6, 6.07) is 9.80. The van der Waals surface area contributed by atoms with Crippen molar-refractivity contribution in [2.24, 2.45) is 5.73 Å². The number of pyridine rings is 1. The molecule has 3 heteroatoms. The molecule has 1 unspecified atom stereocenters. The van der Waals surface area contributed by atoms with E-state index in [9.17, 15) is 0 Å². The molecule has 0 bridgehead atoms. The molecule has 88 valence electrons. The molecule has 1 atom stereocenters. The molecule has 0 saturated carbocycles. The van der Waals surface area contributed by atoms with Crippen LogP contribution in [0.25, 0.3) is 0 Å². The number of rotatable bonds is 2. The van der Waals surface area contributed by atoms with Gasteiger partial charge in [0.2, 0.25) is 0 Å². The third kappa shape index (κ3) is 2.15. The zero-order valence-electron chi connectivity index (χ0n) is 10.1. The summed E-state index contributed by atoms with van der Waals surface area (Å²) in [6.07, 6.45) is 1.71. The molecule has 1 aromatic heterocycles. The molecule has 0 aliphatic heterocycles. The van der Waals surface area contributed by atoms with Crippen LogP contribution in [-0.2, 0) is 0 Å². The summed E-state index contributed by atoms with van der Waals surface area (Å²) in [7, 11) is 0. The van der Waals surface area contributed by atoms with E-state index in [1.807, 2.05) is 31.2 Å². The van der Waals surface area contributed by atoms with Crippen molar-refractivity contribution in [3.63, 3.8) is 0 Å². The van der Waals surface area contributed by atoms with Crippen molar-refractivity contribution in [3.8, 4) is 0 Å². The van der Waals surface area contributed by atoms with E-state index in [1.165, 1.54) is 5.56 Å². The first kappa shape index (κ1) is 11.6. The van der Waals surface area contributed by atoms with Gasteiger partial charge in [-0.2, -0.15) is 0 Å². The second-order valence-electron chi connectivity index (χ2n) is 4.26. The van der Waals surface area contributed by atoms with Crippen LogP contribution in [0.15, 0.2) is 36.5 Å². The van der Waals surface area contributed by atoms with Gasteiger partial charge in [0.15, 0.2) is 0 Å². The third-order valence-electron chi connectivity index (χ3n) is 3.07. The number of aryl methyl sites for hydroxylation is 2. The molecule has 2 rings (SSSR count). The highest BCUT2D eigenvalue weighted by Crippen LogP contribution is 2.27. The lowest BCUT2D eigenvalue weighted by Gasteiger charge is -2.18. The average molecular weight is 227 g/mol. The van der Waals surface area contributed by atoms with E-state index in [4.69, 9.17) is 11.5 Å². The maximum Gasteiger partial charge on any atom is 0.128 e. The van der Waals surface area contributed by atoms with Crippen molar-refractivity contribution in [2.75, 3.05) is 5.73 Å². The van der Waals surface area contributed by atoms with Crippen LogP contribution in [0, 0.1) is 13.8 Å². The van der Waals surface area contributed by atoms with Crippen molar-refractivity contribution in [1.29, 1.82) is 0 Å². The summed E-state index contributed by atoms with van der Waals surface area (Å²) < 4.78 is 0. The molecule has 1 aromatic carbocycles. The summed E-state index contributed by atoms with van der Waals surface area (Å²) >= 11 is 0. The number of nitrogens with zero attached hydrogens (tertiary/aromatic N) is 1. The second-order valence-corrected chi connectivity index (χ2v) is 4.26. The molecule has 0 amide bonds. The number of aromatic nitrogens is 1. The first-order valence-corrected chi connectivity index (χ1v) is 5.63. The molecule has 3 nitrogen and oxygen atoms in total. The number of anilines is 1. The highest BCUT2D eigenvalue weighted by Gasteiger charge is 2.16. The zero-order valence-corrected chi connectivity index (χ0v) is 10.1. The van der Waals surface area contributed by atoms with Crippen LogP contribution in [0.3, 0.4) is 0 Å². The van der Waals surface area contributed by atoms with E-state index in [1.54, 1.807) is 6.20 Å². The number of hydrogen-bond donors (Lipinski definition) is 2. The van der Waals surface area contributed by atoms with E-state index >= 15 is 0 Å². The standard InChI is InChI=1S/C14H17N3/c1-9-5-3-4-6-11(9)13(15)12-10(2)7-8-17-14(12)16/h3-8,13H,15H2,1-2H3,(H2,16,17). The largest absolute Gasteiger partial charge is 0.383 e. The third-order valence-corrected chi connectivity index (χ3v) is 3.07. The van der Waals surface area contributed by atoms with Gasteiger partial charge in [0.05, 0.1) is 6.04 Å². The normalized spacial score (nSPS) is 12.4. The Morgan fingerprint density at radius 1 is 1.06 bits per heavy atom. The number of nitrogen functional groups attached to an aromatic ring is 1. The number of benzene rings is 1. The van der Waals surface area contributed by atoms with Crippen molar-refractivity contribution in [1.82, 2.24) is 4.98 Å². The predicted molar refractivity (Wildman–Crippen MR) is 70.6 cm³/mol. The lowest BCUT2D eigenvalue weighted by atomic mass is 9.93. The van der Waals surface area contributed by atoms with Gasteiger partial charge in [-0.25, -0.2) is 4.98 Å². The SMILES string of the molecule is Cc1ccccc1C(N)c1c(C)ccnc1N. The highest BCUT2D eigenvalue weighted by atomic mass is 14.8. The van der Waals surface area contributed by atoms with Crippen LogP contribution in [0.5, 0.6) is 0 Å². The molecule has 0 aliphatic rings. The number of hydrogen-bond acceptors (Lipinski definition) is 3. The van der Waals surface area contributed by atoms with Gasteiger partial charge >= 0.3 is 0 Å². The molecular formula is C14H17N3. The minimum Gasteiger partial charge on any atom is -0.383 e. The fourth-order valence-corrected chi connectivity index (χ4v) is 2.09. The van der Waals surface area contributed by atoms with E-state index in [0.717, 1.165) is 16.7 Å². The molecule has 0 saturated heterocycles. The van der Waals surface area contributed by atoms with Gasteiger partial charge in [0.1, 0.15) is 5.82 Å². The molecule has 0 aliphatic carbocycles. The molecule has 4 N–H and O–H groups in total. The van der Waals surface area contributed by atoms with Crippen molar-refractivity contribution >= 4 is 5.82 Å². The Hall–Kier alpha value is -1.87. The van der Waals surface area contributed by atoms with Crippen LogP contribution in [0.1, 0.15) is 28.3 Å². The van der Waals surface area contributed by atoms with Crippen molar-refractivity contribution < 1.29 is 0 Å². The summed E-state index contributed by atoms with van der Waals surface area (Å²) in [5.41, 5.74) is 16.5. The summed E-state index contributed by atoms with van der Waals surface area (Å²) in [5.74, 6) is 0.515. The van der Waals surface area contributed by atoms with Crippen LogP contribution >= 0.6 is 0 Å². The first-order valence-electron chi connectivity index (χ1n) is 5.63. The van der Waals surface area contributed by atoms with Gasteiger partial charge in [-0.3, -0.25) is 0 Å². The summed E-state index contributed by atoms with van der Waals surface area (Å²) in [4.78, 5) is 4.11. The zero-order chi connectivity index (χ0) is 12.4. The Morgan fingerprint density at radius 2 is 1.76 bits per heavy atom. The molecule has 0 fully saturated rings. The molecule has 17 heavy (non-hydrogen) atoms. The van der Waals surface area contributed by atoms with Gasteiger partial charge in [-0.05, 0) is 36.6 Å². The summed E-state index contributed by atoms with van der Waals surface area (Å²) in [6.45, 7) is 4.06. The molecule has 2 aromatic rings. The maximum absolute atomic E-state index is 6.30. The monoisotopic (exact) mass is 227 g/mol. The molecule has 0 spiro atoms. The summed E-state index contributed by atoms with van der Waals surface area (Å²) in [5, 5.41) is 0. The fourth-order valence-electron chi connectivity index (χ4n) is 2.09. The van der Waals surface area contributed by atoms with Gasteiger partial charge in [-0.1, -0.05) is 24.3 Å². The van der Waals surface area contributed by atoms with Gasteiger partial charge in [0.25, 0.3) is 0 Å². The van der Waals surface area contributed by atoms with Crippen LogP contribution in [0.4, 0.5) is 5.82 Å². The Bertz CT molecular complexity index is 514. The van der Waals surface area contributed by atoms with Gasteiger partial charge in [-0.15, -0.1) is 0 Å². The van der Waals surface area contributed by atoms with E-state index in [0.29, 0.717) is 5.82 Å². The molecule has 1 heterocycles. The quantitative estimate of drug-likeness (QED) is 0.827. The average Bonchev–Trinajstić information content (AvgIpc) is 2.29. The van der Waals surface area contributed by atoms with Crippen LogP contribution < -0.4 is 11.5 Å². The second kappa shape index (κ2) is 4.55. The molecule has 0 radical (unpaired) electrons. The highest BCUT2D eigenvalue weighted by molar-refractivity contribution is 5.50. The topological polar surface area (TPSA) is 64.9 Å². The Kier molecular flexibility index (Phi) is 3.11. The lowest BCUT2D eigenvalue weighted by molar-refractivity contribution is 0.848. The lowest BCUT2D eigenvalue weighted by Crippen LogP contribution is -2.17. The predicted octanol–water partition coefficient (Wildman–Crippen LogP) is 2.33. The van der Waals surface area contributed by atoms with Crippen LogP contribution in [-0.4, -0.2) is 4.98 Å². The van der Waals surface area contributed by atoms with E-state index in [2.05, 4.69) is 18.0 Å². The fraction of sp³-hybridized carbons (Fsp3) is 0.214. The number of nitrogens with two attached hydrogens (primary N) is 2. The minimum absolute atomic E-state index is 0.218. The first-order chi connectivity index (χ1) is 8.11. The molecular weight excluding hydrogens is 210 g/mol. The maximum atomic E-state index is 6.30. The Morgan fingerprint density at radius 3 is 2.41 bits per heavy atom. The smallest absolute Gasteiger partial charge is 0.128 e. The van der Waals surface area contributed by atoms with E-state index < -0.39 is 0 Å². The Balaban J connectivity index is 2.51. The van der Waals surface area contributed by atoms with Crippen LogP contribution in [0.2, 0.25) is 0 Å². The van der Waals surface area contributed by atoms with E-state index in [-0.39, 0.29) is 6.04 Å². The van der Waals surface area contributed by atoms with Crippen molar-refractivity contribution in [2.45, 2.75) is 19.9 Å². The van der Waals surface area contributed by atoms with Gasteiger partial charge < -0.3 is 11.5 Å². The minimum atomic E-state index is -0.218.